The highest BCUT2D eigenvalue weighted by Crippen LogP contribution is 2.46. The lowest BCUT2D eigenvalue weighted by molar-refractivity contribution is -0.289. The summed E-state index contributed by atoms with van der Waals surface area (Å²) < 4.78 is 96.2. The Morgan fingerprint density at radius 1 is 1.15 bits per heavy atom. The number of carbonyl (C=O) groups is 1. The molecule has 3 nitrogen and oxygen atoms in total. The zero-order valence-corrected chi connectivity index (χ0v) is 13.0. The summed E-state index contributed by atoms with van der Waals surface area (Å²) in [6.45, 7) is 0.153. The van der Waals surface area contributed by atoms with Gasteiger partial charge in [-0.2, -0.15) is 22.0 Å². The number of rotatable bonds is 3. The smallest absolute Gasteiger partial charge is 0.458 e. The summed E-state index contributed by atoms with van der Waals surface area (Å²) in [6, 6.07) is 1.79. The van der Waals surface area contributed by atoms with Gasteiger partial charge in [-0.25, -0.2) is 8.78 Å². The lowest BCUT2D eigenvalue weighted by Gasteiger charge is -2.30. The second-order valence-corrected chi connectivity index (χ2v) is 5.90. The Morgan fingerprint density at radius 3 is 2.38 bits per heavy atom. The fourth-order valence-electron chi connectivity index (χ4n) is 2.88. The maximum Gasteiger partial charge on any atom is 0.458 e. The Morgan fingerprint density at radius 2 is 1.85 bits per heavy atom. The highest BCUT2D eigenvalue weighted by Gasteiger charge is 2.59. The second kappa shape index (κ2) is 6.17. The van der Waals surface area contributed by atoms with Crippen molar-refractivity contribution in [2.45, 2.75) is 37.5 Å². The standard InChI is InChI=1S/C16H12F7NO2/c17-14(18)12-7-10(24-5-1-2-13(24)25)9-6-8(3-4-11(9)26-12)15(19,20)16(21,22)23/h3-4,6-7,12,14H,1-2,5H2. The van der Waals surface area contributed by atoms with E-state index in [4.69, 9.17) is 4.74 Å². The molecule has 1 aromatic rings. The monoisotopic (exact) mass is 383 g/mol. The number of benzene rings is 1. The average molecular weight is 383 g/mol. The maximum atomic E-state index is 13.6. The van der Waals surface area contributed by atoms with E-state index in [9.17, 15) is 35.5 Å². The zero-order chi connectivity index (χ0) is 19.3. The van der Waals surface area contributed by atoms with Crippen molar-refractivity contribution in [3.8, 4) is 5.75 Å². The number of carbonyl (C=O) groups excluding carboxylic acids is 1. The topological polar surface area (TPSA) is 29.5 Å². The first-order valence-corrected chi connectivity index (χ1v) is 7.59. The second-order valence-electron chi connectivity index (χ2n) is 5.90. The number of ether oxygens (including phenoxy) is 1. The van der Waals surface area contributed by atoms with E-state index in [1.165, 1.54) is 0 Å². The number of likely N-dealkylation sites (tertiary alicyclic amines) is 1. The number of halogens is 7. The summed E-state index contributed by atoms with van der Waals surface area (Å²) in [4.78, 5) is 13.0. The molecule has 2 aliphatic heterocycles. The van der Waals surface area contributed by atoms with E-state index in [0.717, 1.165) is 17.0 Å². The Balaban J connectivity index is 2.10. The molecule has 0 saturated carbocycles. The molecule has 3 rings (SSSR count). The SMILES string of the molecule is O=C1CCCN1C1=CC(C(F)F)Oc2ccc(C(F)(F)C(F)(F)F)cc21. The summed E-state index contributed by atoms with van der Waals surface area (Å²) >= 11 is 0. The predicted octanol–water partition coefficient (Wildman–Crippen LogP) is 4.33. The van der Waals surface area contributed by atoms with Crippen LogP contribution in [0.25, 0.3) is 5.70 Å². The lowest BCUT2D eigenvalue weighted by Crippen LogP contribution is -2.35. The van der Waals surface area contributed by atoms with Crippen molar-refractivity contribution in [1.82, 2.24) is 4.90 Å². The fraction of sp³-hybridized carbons (Fsp3) is 0.438. The van der Waals surface area contributed by atoms with Crippen molar-refractivity contribution in [2.24, 2.45) is 0 Å². The van der Waals surface area contributed by atoms with Gasteiger partial charge in [0.2, 0.25) is 5.91 Å². The molecule has 1 saturated heterocycles. The highest BCUT2D eigenvalue weighted by atomic mass is 19.4. The lowest BCUT2D eigenvalue weighted by atomic mass is 9.98. The van der Waals surface area contributed by atoms with Crippen LogP contribution in [0.5, 0.6) is 5.75 Å². The molecule has 2 heterocycles. The molecule has 0 aliphatic carbocycles. The van der Waals surface area contributed by atoms with E-state index in [0.29, 0.717) is 18.6 Å². The molecule has 0 aromatic heterocycles. The van der Waals surface area contributed by atoms with Crippen LogP contribution in [0.2, 0.25) is 0 Å². The van der Waals surface area contributed by atoms with Crippen LogP contribution < -0.4 is 4.74 Å². The van der Waals surface area contributed by atoms with Crippen molar-refractivity contribution >= 4 is 11.6 Å². The quantitative estimate of drug-likeness (QED) is 0.728. The fourth-order valence-corrected chi connectivity index (χ4v) is 2.88. The van der Waals surface area contributed by atoms with Gasteiger partial charge in [0.1, 0.15) is 5.75 Å². The van der Waals surface area contributed by atoms with E-state index >= 15 is 0 Å². The number of amides is 1. The Labute approximate surface area is 143 Å². The van der Waals surface area contributed by atoms with E-state index in [-0.39, 0.29) is 30.0 Å². The Bertz CT molecular complexity index is 757. The van der Waals surface area contributed by atoms with Gasteiger partial charge in [-0.15, -0.1) is 0 Å². The van der Waals surface area contributed by atoms with Crippen molar-refractivity contribution in [3.63, 3.8) is 0 Å². The van der Waals surface area contributed by atoms with Crippen LogP contribution in [-0.2, 0) is 10.7 Å². The minimum atomic E-state index is -5.82. The minimum Gasteiger partial charge on any atom is -0.480 e. The van der Waals surface area contributed by atoms with E-state index in [1.807, 2.05) is 0 Å². The maximum absolute atomic E-state index is 13.6. The van der Waals surface area contributed by atoms with Gasteiger partial charge in [0.25, 0.3) is 6.43 Å². The van der Waals surface area contributed by atoms with Gasteiger partial charge in [-0.1, -0.05) is 0 Å². The normalized spacial score (nSPS) is 20.9. The van der Waals surface area contributed by atoms with Crippen molar-refractivity contribution in [1.29, 1.82) is 0 Å². The number of nitrogens with zero attached hydrogens (tertiary/aromatic N) is 1. The van der Waals surface area contributed by atoms with Crippen LogP contribution in [-0.4, -0.2) is 36.1 Å². The molecule has 1 atom stereocenters. The summed E-state index contributed by atoms with van der Waals surface area (Å²) in [6.07, 6.45) is -9.09. The molecule has 1 aromatic carbocycles. The van der Waals surface area contributed by atoms with Crippen LogP contribution in [0.15, 0.2) is 24.3 Å². The number of fused-ring (bicyclic) bond motifs is 1. The summed E-state index contributed by atoms with van der Waals surface area (Å²) in [7, 11) is 0. The molecule has 1 amide bonds. The molecule has 2 aliphatic rings. The Hall–Kier alpha value is -2.26. The molecule has 0 spiro atoms. The third-order valence-corrected chi connectivity index (χ3v) is 4.17. The van der Waals surface area contributed by atoms with Gasteiger partial charge in [-0.05, 0) is 30.7 Å². The zero-order valence-electron chi connectivity index (χ0n) is 13.0. The summed E-state index contributed by atoms with van der Waals surface area (Å²) in [5.74, 6) is -5.85. The van der Waals surface area contributed by atoms with Gasteiger partial charge in [0.05, 0.1) is 5.70 Å². The molecule has 0 bridgehead atoms. The van der Waals surface area contributed by atoms with Crippen LogP contribution in [0.1, 0.15) is 24.0 Å². The molecule has 10 heteroatoms. The third-order valence-electron chi connectivity index (χ3n) is 4.17. The van der Waals surface area contributed by atoms with Gasteiger partial charge < -0.3 is 9.64 Å². The van der Waals surface area contributed by atoms with Crippen molar-refractivity contribution in [2.75, 3.05) is 6.54 Å². The van der Waals surface area contributed by atoms with Crippen molar-refractivity contribution < 1.29 is 40.3 Å². The molecule has 0 N–H and O–H groups in total. The largest absolute Gasteiger partial charge is 0.480 e. The van der Waals surface area contributed by atoms with Gasteiger partial charge in [0, 0.05) is 24.1 Å². The van der Waals surface area contributed by atoms with Gasteiger partial charge >= 0.3 is 12.1 Å². The van der Waals surface area contributed by atoms with Gasteiger partial charge in [0.15, 0.2) is 6.10 Å². The van der Waals surface area contributed by atoms with E-state index in [1.54, 1.807) is 0 Å². The first-order chi connectivity index (χ1) is 12.0. The van der Waals surface area contributed by atoms with Crippen LogP contribution in [0, 0.1) is 0 Å². The third kappa shape index (κ3) is 3.01. The molecule has 1 unspecified atom stereocenters. The molecule has 26 heavy (non-hydrogen) atoms. The predicted molar refractivity (Wildman–Crippen MR) is 75.7 cm³/mol. The summed E-state index contributed by atoms with van der Waals surface area (Å²) in [5, 5.41) is 0. The highest BCUT2D eigenvalue weighted by molar-refractivity contribution is 5.90. The van der Waals surface area contributed by atoms with E-state index < -0.39 is 36.1 Å². The summed E-state index contributed by atoms with van der Waals surface area (Å²) in [5.41, 5.74) is -1.75. The molecule has 1 fully saturated rings. The van der Waals surface area contributed by atoms with Crippen LogP contribution in [0.4, 0.5) is 30.7 Å². The molecular formula is C16H12F7NO2. The molecule has 0 radical (unpaired) electrons. The number of alkyl halides is 7. The van der Waals surface area contributed by atoms with Crippen LogP contribution in [0.3, 0.4) is 0 Å². The first-order valence-electron chi connectivity index (χ1n) is 7.59. The number of hydrogen-bond donors (Lipinski definition) is 0. The first kappa shape index (κ1) is 18.5. The average Bonchev–Trinajstić information content (AvgIpc) is 2.98. The number of hydrogen-bond acceptors (Lipinski definition) is 2. The van der Waals surface area contributed by atoms with Crippen LogP contribution >= 0.6 is 0 Å². The molecule has 142 valence electrons. The minimum absolute atomic E-state index is 0.130. The molecular weight excluding hydrogens is 371 g/mol. The Kier molecular flexibility index (Phi) is 4.40. The van der Waals surface area contributed by atoms with E-state index in [2.05, 4.69) is 0 Å². The van der Waals surface area contributed by atoms with Crippen molar-refractivity contribution in [3.05, 3.63) is 35.4 Å². The van der Waals surface area contributed by atoms with Gasteiger partial charge in [-0.3, -0.25) is 4.79 Å².